The monoisotopic (exact) mass is 270 g/mol. The van der Waals surface area contributed by atoms with Crippen LogP contribution in [0.2, 0.25) is 0 Å². The fraction of sp³-hybridized carbons (Fsp3) is 0. The van der Waals surface area contributed by atoms with Gasteiger partial charge in [0.15, 0.2) is 0 Å². The van der Waals surface area contributed by atoms with Crippen molar-refractivity contribution in [1.29, 1.82) is 0 Å². The number of nitrogens with zero attached hydrogens (tertiary/aromatic N) is 1. The molecule has 0 aliphatic carbocycles. The van der Waals surface area contributed by atoms with Gasteiger partial charge in [0, 0.05) is 23.4 Å². The highest BCUT2D eigenvalue weighted by atomic mass is 16.6. The quantitative estimate of drug-likeness (QED) is 0.422. The van der Waals surface area contributed by atoms with Crippen molar-refractivity contribution < 1.29 is 14.4 Å². The maximum atomic E-state index is 11.0. The van der Waals surface area contributed by atoms with Gasteiger partial charge < -0.3 is 15.3 Å². The van der Waals surface area contributed by atoms with Crippen LogP contribution in [0.15, 0.2) is 46.9 Å². The number of rotatable bonds is 2. The van der Waals surface area contributed by atoms with Crippen LogP contribution in [-0.2, 0) is 0 Å². The lowest BCUT2D eigenvalue weighted by molar-refractivity contribution is -0.383. The second-order valence-electron chi connectivity index (χ2n) is 4.37. The van der Waals surface area contributed by atoms with Gasteiger partial charge >= 0.3 is 0 Å². The minimum Gasteiger partial charge on any atom is -0.508 e. The summed E-state index contributed by atoms with van der Waals surface area (Å²) in [6.07, 6.45) is 0. The average molecular weight is 270 g/mol. The molecule has 1 aromatic heterocycles. The maximum absolute atomic E-state index is 11.0. The Morgan fingerprint density at radius 3 is 2.50 bits per heavy atom. The topological polar surface area (TPSA) is 103 Å². The van der Waals surface area contributed by atoms with Crippen LogP contribution in [0.3, 0.4) is 0 Å². The number of nitrogens with two attached hydrogens (primary N) is 1. The molecule has 3 aromatic rings. The van der Waals surface area contributed by atoms with E-state index in [4.69, 9.17) is 10.2 Å². The molecule has 1 heterocycles. The van der Waals surface area contributed by atoms with Crippen LogP contribution in [-0.4, -0.2) is 10.0 Å². The van der Waals surface area contributed by atoms with Crippen molar-refractivity contribution in [3.8, 4) is 17.1 Å². The molecular weight excluding hydrogens is 260 g/mol. The molecule has 6 nitrogen and oxygen atoms in total. The molecule has 100 valence electrons. The first-order chi connectivity index (χ1) is 9.54. The van der Waals surface area contributed by atoms with E-state index in [0.717, 1.165) is 0 Å². The third kappa shape index (κ3) is 1.93. The fourth-order valence-corrected chi connectivity index (χ4v) is 2.06. The smallest absolute Gasteiger partial charge is 0.282 e. The molecule has 2 aromatic carbocycles. The van der Waals surface area contributed by atoms with Gasteiger partial charge in [0.2, 0.25) is 0 Å². The number of non-ortho nitro benzene ring substituents is 1. The van der Waals surface area contributed by atoms with Crippen LogP contribution in [0.4, 0.5) is 11.4 Å². The molecule has 0 saturated heterocycles. The van der Waals surface area contributed by atoms with Gasteiger partial charge in [0.05, 0.1) is 10.3 Å². The van der Waals surface area contributed by atoms with Crippen molar-refractivity contribution in [2.45, 2.75) is 0 Å². The van der Waals surface area contributed by atoms with Crippen molar-refractivity contribution in [2.75, 3.05) is 5.73 Å². The van der Waals surface area contributed by atoms with Crippen molar-refractivity contribution in [3.63, 3.8) is 0 Å². The lowest BCUT2D eigenvalue weighted by Gasteiger charge is -1.96. The SMILES string of the molecule is Nc1cc([N+](=O)[O-])c2cc(-c3ccc(O)cc3)oc2c1. The van der Waals surface area contributed by atoms with Crippen LogP contribution in [0.25, 0.3) is 22.3 Å². The van der Waals surface area contributed by atoms with Gasteiger partial charge in [-0.1, -0.05) is 0 Å². The Kier molecular flexibility index (Phi) is 2.57. The molecule has 0 aliphatic rings. The van der Waals surface area contributed by atoms with Crippen LogP contribution in [0, 0.1) is 10.1 Å². The van der Waals surface area contributed by atoms with Crippen molar-refractivity contribution >= 4 is 22.3 Å². The Morgan fingerprint density at radius 2 is 1.85 bits per heavy atom. The van der Waals surface area contributed by atoms with E-state index in [-0.39, 0.29) is 17.1 Å². The van der Waals surface area contributed by atoms with Crippen LogP contribution < -0.4 is 5.73 Å². The summed E-state index contributed by atoms with van der Waals surface area (Å²) in [7, 11) is 0. The summed E-state index contributed by atoms with van der Waals surface area (Å²) in [6.45, 7) is 0. The zero-order valence-corrected chi connectivity index (χ0v) is 10.2. The molecule has 0 saturated carbocycles. The number of nitro groups is 1. The number of phenols is 1. The molecule has 3 rings (SSSR count). The maximum Gasteiger partial charge on any atom is 0.282 e. The molecule has 3 N–H and O–H groups in total. The van der Waals surface area contributed by atoms with Crippen molar-refractivity contribution in [3.05, 3.63) is 52.6 Å². The van der Waals surface area contributed by atoms with E-state index < -0.39 is 4.92 Å². The van der Waals surface area contributed by atoms with Gasteiger partial charge in [-0.15, -0.1) is 0 Å². The van der Waals surface area contributed by atoms with Crippen molar-refractivity contribution in [2.24, 2.45) is 0 Å². The highest BCUT2D eigenvalue weighted by molar-refractivity contribution is 5.93. The molecule has 6 heteroatoms. The van der Waals surface area contributed by atoms with Gasteiger partial charge in [-0.3, -0.25) is 10.1 Å². The number of benzene rings is 2. The minimum atomic E-state index is -0.491. The lowest BCUT2D eigenvalue weighted by atomic mass is 10.1. The number of hydrogen-bond donors (Lipinski definition) is 2. The highest BCUT2D eigenvalue weighted by Crippen LogP contribution is 2.35. The Balaban J connectivity index is 2.22. The van der Waals surface area contributed by atoms with E-state index in [1.54, 1.807) is 24.3 Å². The Morgan fingerprint density at radius 1 is 1.15 bits per heavy atom. The number of anilines is 1. The van der Waals surface area contributed by atoms with Crippen LogP contribution >= 0.6 is 0 Å². The summed E-state index contributed by atoms with van der Waals surface area (Å²) in [5.74, 6) is 0.619. The second-order valence-corrected chi connectivity index (χ2v) is 4.37. The molecule has 0 bridgehead atoms. The molecule has 0 aliphatic heterocycles. The lowest BCUT2D eigenvalue weighted by Crippen LogP contribution is -1.91. The Bertz CT molecular complexity index is 806. The number of hydrogen-bond acceptors (Lipinski definition) is 5. The predicted molar refractivity (Wildman–Crippen MR) is 74.4 cm³/mol. The summed E-state index contributed by atoms with van der Waals surface area (Å²) in [6, 6.07) is 10.8. The molecule has 20 heavy (non-hydrogen) atoms. The van der Waals surface area contributed by atoms with Crippen molar-refractivity contribution in [1.82, 2.24) is 0 Å². The average Bonchev–Trinajstić information content (AvgIpc) is 2.81. The van der Waals surface area contributed by atoms with E-state index >= 15 is 0 Å². The molecule has 0 unspecified atom stereocenters. The molecule has 0 radical (unpaired) electrons. The number of furan rings is 1. The van der Waals surface area contributed by atoms with Gasteiger partial charge in [0.1, 0.15) is 17.1 Å². The summed E-state index contributed by atoms with van der Waals surface area (Å²) >= 11 is 0. The summed E-state index contributed by atoms with van der Waals surface area (Å²) in [5.41, 5.74) is 6.89. The second kappa shape index (κ2) is 4.27. The third-order valence-electron chi connectivity index (χ3n) is 2.99. The number of fused-ring (bicyclic) bond motifs is 1. The van der Waals surface area contributed by atoms with Crippen LogP contribution in [0.1, 0.15) is 0 Å². The first-order valence-electron chi connectivity index (χ1n) is 5.81. The summed E-state index contributed by atoms with van der Waals surface area (Å²) < 4.78 is 5.60. The zero-order chi connectivity index (χ0) is 14.3. The zero-order valence-electron chi connectivity index (χ0n) is 10.2. The first kappa shape index (κ1) is 12.0. The number of phenolic OH excluding ortho intramolecular Hbond substituents is 1. The third-order valence-corrected chi connectivity index (χ3v) is 2.99. The van der Waals surface area contributed by atoms with E-state index in [9.17, 15) is 15.2 Å². The molecule has 0 fully saturated rings. The minimum absolute atomic E-state index is 0.0891. The van der Waals surface area contributed by atoms with Crippen LogP contribution in [0.5, 0.6) is 5.75 Å². The predicted octanol–water partition coefficient (Wildman–Crippen LogP) is 3.30. The van der Waals surface area contributed by atoms with E-state index in [1.165, 1.54) is 18.2 Å². The molecule has 0 spiro atoms. The molecular formula is C14H10N2O4. The number of aromatic hydroxyl groups is 1. The molecule has 0 amide bonds. The standard InChI is InChI=1S/C14H10N2O4/c15-9-5-12(16(18)19)11-7-13(20-14(11)6-9)8-1-3-10(17)4-2-8/h1-7,17H,15H2. The van der Waals surface area contributed by atoms with Gasteiger partial charge in [-0.2, -0.15) is 0 Å². The number of nitrogen functional groups attached to an aromatic ring is 1. The van der Waals surface area contributed by atoms with E-state index in [0.29, 0.717) is 22.3 Å². The van der Waals surface area contributed by atoms with E-state index in [1.807, 2.05) is 0 Å². The fourth-order valence-electron chi connectivity index (χ4n) is 2.06. The Labute approximate surface area is 113 Å². The Hall–Kier alpha value is -3.02. The highest BCUT2D eigenvalue weighted by Gasteiger charge is 2.18. The molecule has 0 atom stereocenters. The summed E-state index contributed by atoms with van der Waals surface area (Å²) in [4.78, 5) is 10.5. The normalized spacial score (nSPS) is 10.8. The van der Waals surface area contributed by atoms with E-state index in [2.05, 4.69) is 0 Å². The van der Waals surface area contributed by atoms with Gasteiger partial charge in [-0.25, -0.2) is 0 Å². The van der Waals surface area contributed by atoms with Gasteiger partial charge in [-0.05, 0) is 30.3 Å². The largest absolute Gasteiger partial charge is 0.508 e. The van der Waals surface area contributed by atoms with Gasteiger partial charge in [0.25, 0.3) is 5.69 Å². The number of nitro benzene ring substituents is 1. The summed E-state index contributed by atoms with van der Waals surface area (Å²) in [5, 5.41) is 20.7. The first-order valence-corrected chi connectivity index (χ1v) is 5.81.